The van der Waals surface area contributed by atoms with Gasteiger partial charge >= 0.3 is 0 Å². The molecule has 0 bridgehead atoms. The lowest BCUT2D eigenvalue weighted by molar-refractivity contribution is -0.119. The van der Waals surface area contributed by atoms with Crippen LogP contribution in [0, 0.1) is 0 Å². The van der Waals surface area contributed by atoms with Crippen molar-refractivity contribution in [3.63, 3.8) is 0 Å². The van der Waals surface area contributed by atoms with Crippen LogP contribution >= 0.6 is 23.2 Å². The van der Waals surface area contributed by atoms with Crippen molar-refractivity contribution < 1.29 is 9.90 Å². The van der Waals surface area contributed by atoms with Crippen LogP contribution in [0.3, 0.4) is 0 Å². The standard InChI is InChI=1S/C17H13Cl2N3O2/c18-11-1-2-13(23)16(17(11)19)9-3-4-22-8-12(21-14(22)5-9)10-6-15(24)20-7-10/h1-5,8,10,23H,6-7H2,(H,20,24). The molecule has 1 fully saturated rings. The van der Waals surface area contributed by atoms with Gasteiger partial charge in [0.1, 0.15) is 11.4 Å². The number of carbonyl (C=O) groups excluding carboxylic acids is 1. The minimum absolute atomic E-state index is 0.0494. The first-order valence-corrected chi connectivity index (χ1v) is 8.21. The van der Waals surface area contributed by atoms with E-state index in [1.165, 1.54) is 6.07 Å². The number of hydrogen-bond donors (Lipinski definition) is 2. The van der Waals surface area contributed by atoms with Crippen molar-refractivity contribution in [3.05, 3.63) is 52.4 Å². The van der Waals surface area contributed by atoms with Crippen molar-refractivity contribution in [2.45, 2.75) is 12.3 Å². The maximum absolute atomic E-state index is 11.4. The molecule has 1 aliphatic rings. The molecule has 0 spiro atoms. The van der Waals surface area contributed by atoms with E-state index in [1.807, 2.05) is 28.9 Å². The lowest BCUT2D eigenvalue weighted by atomic mass is 10.1. The predicted octanol–water partition coefficient (Wildman–Crippen LogP) is 3.62. The Balaban J connectivity index is 1.79. The number of aromatic nitrogens is 2. The molecule has 3 aromatic rings. The van der Waals surface area contributed by atoms with E-state index in [1.54, 1.807) is 6.07 Å². The van der Waals surface area contributed by atoms with Crippen LogP contribution in [0.1, 0.15) is 18.0 Å². The third-order valence-corrected chi connectivity index (χ3v) is 5.04. The van der Waals surface area contributed by atoms with Gasteiger partial charge in [-0.05, 0) is 29.8 Å². The minimum atomic E-state index is 0.0494. The van der Waals surface area contributed by atoms with Crippen LogP contribution < -0.4 is 5.32 Å². The van der Waals surface area contributed by atoms with E-state index < -0.39 is 0 Å². The lowest BCUT2D eigenvalue weighted by Gasteiger charge is -2.09. The number of nitrogens with one attached hydrogen (secondary N) is 1. The second-order valence-electron chi connectivity index (χ2n) is 5.81. The number of pyridine rings is 1. The molecular weight excluding hydrogens is 349 g/mol. The highest BCUT2D eigenvalue weighted by Crippen LogP contribution is 2.40. The zero-order valence-corrected chi connectivity index (χ0v) is 14.0. The van der Waals surface area contributed by atoms with Gasteiger partial charge in [-0.1, -0.05) is 23.2 Å². The van der Waals surface area contributed by atoms with E-state index in [0.29, 0.717) is 28.6 Å². The number of rotatable bonds is 2. The van der Waals surface area contributed by atoms with Crippen molar-refractivity contribution in [1.82, 2.24) is 14.7 Å². The van der Waals surface area contributed by atoms with Crippen molar-refractivity contribution in [2.75, 3.05) is 6.54 Å². The van der Waals surface area contributed by atoms with E-state index in [-0.39, 0.29) is 17.6 Å². The number of fused-ring (bicyclic) bond motifs is 1. The normalized spacial score (nSPS) is 17.4. The minimum Gasteiger partial charge on any atom is -0.507 e. The number of amides is 1. The van der Waals surface area contributed by atoms with Gasteiger partial charge < -0.3 is 14.8 Å². The molecule has 5 nitrogen and oxygen atoms in total. The third kappa shape index (κ3) is 2.50. The number of aromatic hydroxyl groups is 1. The summed E-state index contributed by atoms with van der Waals surface area (Å²) in [6, 6.07) is 6.75. The number of halogens is 2. The van der Waals surface area contributed by atoms with E-state index in [0.717, 1.165) is 16.9 Å². The van der Waals surface area contributed by atoms with Crippen LogP contribution in [0.2, 0.25) is 10.0 Å². The average molecular weight is 362 g/mol. The molecule has 4 rings (SSSR count). The maximum atomic E-state index is 11.4. The number of benzene rings is 1. The summed E-state index contributed by atoms with van der Waals surface area (Å²) >= 11 is 12.3. The molecule has 24 heavy (non-hydrogen) atoms. The van der Waals surface area contributed by atoms with Crippen LogP contribution in [0.15, 0.2) is 36.7 Å². The fourth-order valence-corrected chi connectivity index (χ4v) is 3.41. The molecule has 7 heteroatoms. The molecule has 0 radical (unpaired) electrons. The Hall–Kier alpha value is -2.24. The van der Waals surface area contributed by atoms with Crippen LogP contribution in [0.4, 0.5) is 0 Å². The van der Waals surface area contributed by atoms with E-state index >= 15 is 0 Å². The second kappa shape index (κ2) is 5.69. The van der Waals surface area contributed by atoms with Crippen LogP contribution in [-0.2, 0) is 4.79 Å². The molecule has 122 valence electrons. The first-order valence-electron chi connectivity index (χ1n) is 7.45. The summed E-state index contributed by atoms with van der Waals surface area (Å²) in [5.74, 6) is 0.198. The Labute approximate surface area is 147 Å². The van der Waals surface area contributed by atoms with Crippen LogP contribution in [0.5, 0.6) is 5.75 Å². The van der Waals surface area contributed by atoms with Crippen molar-refractivity contribution >= 4 is 34.8 Å². The molecule has 1 saturated heterocycles. The molecule has 0 aliphatic carbocycles. The first kappa shape index (κ1) is 15.3. The Morgan fingerprint density at radius 2 is 2.12 bits per heavy atom. The van der Waals surface area contributed by atoms with Gasteiger partial charge in [-0.3, -0.25) is 4.79 Å². The molecule has 3 heterocycles. The number of phenolic OH excluding ortho intramolecular Hbond substituents is 1. The SMILES string of the molecule is O=C1CC(c2cn3ccc(-c4c(O)ccc(Cl)c4Cl)cc3n2)CN1. The highest BCUT2D eigenvalue weighted by molar-refractivity contribution is 6.44. The predicted molar refractivity (Wildman–Crippen MR) is 92.7 cm³/mol. The summed E-state index contributed by atoms with van der Waals surface area (Å²) < 4.78 is 1.89. The fraction of sp³-hybridized carbons (Fsp3) is 0.176. The Morgan fingerprint density at radius 1 is 1.29 bits per heavy atom. The van der Waals surface area contributed by atoms with E-state index in [9.17, 15) is 9.90 Å². The lowest BCUT2D eigenvalue weighted by Crippen LogP contribution is -2.13. The van der Waals surface area contributed by atoms with Gasteiger partial charge in [0.2, 0.25) is 5.91 Å². The maximum Gasteiger partial charge on any atom is 0.220 e. The zero-order chi connectivity index (χ0) is 16.8. The monoisotopic (exact) mass is 361 g/mol. The van der Waals surface area contributed by atoms with Gasteiger partial charge in [0.15, 0.2) is 0 Å². The average Bonchev–Trinajstić information content (AvgIpc) is 3.17. The third-order valence-electron chi connectivity index (χ3n) is 4.24. The van der Waals surface area contributed by atoms with Gasteiger partial charge in [0.25, 0.3) is 0 Å². The molecular formula is C17H13Cl2N3O2. The van der Waals surface area contributed by atoms with Crippen molar-refractivity contribution in [1.29, 1.82) is 0 Å². The molecule has 2 aromatic heterocycles. The molecule has 1 unspecified atom stereocenters. The van der Waals surface area contributed by atoms with E-state index in [2.05, 4.69) is 10.3 Å². The molecule has 1 atom stereocenters. The Kier molecular flexibility index (Phi) is 3.62. The summed E-state index contributed by atoms with van der Waals surface area (Å²) in [7, 11) is 0. The second-order valence-corrected chi connectivity index (χ2v) is 6.59. The van der Waals surface area contributed by atoms with Crippen molar-refractivity contribution in [3.8, 4) is 16.9 Å². The Morgan fingerprint density at radius 3 is 2.88 bits per heavy atom. The summed E-state index contributed by atoms with van der Waals surface area (Å²) in [4.78, 5) is 16.0. The highest BCUT2D eigenvalue weighted by Gasteiger charge is 2.25. The molecule has 1 aromatic carbocycles. The number of phenols is 1. The fourth-order valence-electron chi connectivity index (χ4n) is 2.98. The van der Waals surface area contributed by atoms with E-state index in [4.69, 9.17) is 23.2 Å². The number of carbonyl (C=O) groups is 1. The van der Waals surface area contributed by atoms with Crippen LogP contribution in [-0.4, -0.2) is 26.9 Å². The molecule has 2 N–H and O–H groups in total. The molecule has 0 saturated carbocycles. The highest BCUT2D eigenvalue weighted by atomic mass is 35.5. The first-order chi connectivity index (χ1) is 11.5. The summed E-state index contributed by atoms with van der Waals surface area (Å²) in [5.41, 5.74) is 2.79. The van der Waals surface area contributed by atoms with Gasteiger partial charge in [0.05, 0.1) is 15.7 Å². The van der Waals surface area contributed by atoms with Gasteiger partial charge in [-0.15, -0.1) is 0 Å². The quantitative estimate of drug-likeness (QED) is 0.732. The smallest absolute Gasteiger partial charge is 0.220 e. The number of imidazole rings is 1. The van der Waals surface area contributed by atoms with Crippen molar-refractivity contribution in [2.24, 2.45) is 0 Å². The Bertz CT molecular complexity index is 968. The molecule has 1 amide bonds. The van der Waals surface area contributed by atoms with Gasteiger partial charge in [-0.25, -0.2) is 4.98 Å². The summed E-state index contributed by atoms with van der Waals surface area (Å²) in [6.07, 6.45) is 4.23. The summed E-state index contributed by atoms with van der Waals surface area (Å²) in [5, 5.41) is 13.6. The summed E-state index contributed by atoms with van der Waals surface area (Å²) in [6.45, 7) is 0.608. The number of hydrogen-bond acceptors (Lipinski definition) is 3. The van der Waals surface area contributed by atoms with Gasteiger partial charge in [0, 0.05) is 36.8 Å². The topological polar surface area (TPSA) is 66.6 Å². The molecule has 1 aliphatic heterocycles. The van der Waals surface area contributed by atoms with Crippen LogP contribution in [0.25, 0.3) is 16.8 Å². The number of nitrogens with zero attached hydrogens (tertiary/aromatic N) is 2. The largest absolute Gasteiger partial charge is 0.507 e. The zero-order valence-electron chi connectivity index (χ0n) is 12.5. The van der Waals surface area contributed by atoms with Gasteiger partial charge in [-0.2, -0.15) is 0 Å².